The summed E-state index contributed by atoms with van der Waals surface area (Å²) in [4.78, 5) is 0. The molecule has 0 heterocycles. The van der Waals surface area contributed by atoms with Crippen molar-refractivity contribution in [2.75, 3.05) is 13.2 Å². The Balaban J connectivity index is 2.19. The molecule has 0 aliphatic heterocycles. The zero-order valence-corrected chi connectivity index (χ0v) is 11.4. The van der Waals surface area contributed by atoms with Crippen molar-refractivity contribution in [2.24, 2.45) is 5.41 Å². The fourth-order valence-electron chi connectivity index (χ4n) is 3.51. The Morgan fingerprint density at radius 3 is 2.42 bits per heavy atom. The summed E-state index contributed by atoms with van der Waals surface area (Å²) in [6.07, 6.45) is 4.41. The lowest BCUT2D eigenvalue weighted by Gasteiger charge is -2.41. The molecule has 106 valence electrons. The summed E-state index contributed by atoms with van der Waals surface area (Å²) < 4.78 is 0. The van der Waals surface area contributed by atoms with E-state index >= 15 is 0 Å². The van der Waals surface area contributed by atoms with Gasteiger partial charge in [0.2, 0.25) is 0 Å². The minimum atomic E-state index is -0.849. The van der Waals surface area contributed by atoms with Crippen LogP contribution in [-0.2, 0) is 6.42 Å². The predicted octanol–water partition coefficient (Wildman–Crippen LogP) is 1.90. The van der Waals surface area contributed by atoms with Crippen molar-refractivity contribution in [2.45, 2.75) is 44.1 Å². The fraction of sp³-hybridized carbons (Fsp3) is 0.625. The van der Waals surface area contributed by atoms with Crippen LogP contribution in [0.4, 0.5) is 0 Å². The quantitative estimate of drug-likeness (QED) is 0.735. The van der Waals surface area contributed by atoms with Crippen molar-refractivity contribution >= 4 is 0 Å². The molecule has 0 unspecified atom stereocenters. The largest absolute Gasteiger partial charge is 0.396 e. The van der Waals surface area contributed by atoms with Crippen LogP contribution in [0.25, 0.3) is 0 Å². The monoisotopic (exact) mass is 264 g/mol. The first-order valence-corrected chi connectivity index (χ1v) is 7.14. The molecule has 0 radical (unpaired) electrons. The van der Waals surface area contributed by atoms with Crippen LogP contribution in [0.1, 0.15) is 37.7 Å². The van der Waals surface area contributed by atoms with Crippen molar-refractivity contribution in [3.05, 3.63) is 35.9 Å². The topological polar surface area (TPSA) is 60.7 Å². The third-order valence-electron chi connectivity index (χ3n) is 4.69. The van der Waals surface area contributed by atoms with Crippen LogP contribution in [0, 0.1) is 5.41 Å². The molecule has 3 N–H and O–H groups in total. The summed E-state index contributed by atoms with van der Waals surface area (Å²) in [5.41, 5.74) is -0.196. The number of hydrogen-bond acceptors (Lipinski definition) is 3. The molecule has 0 amide bonds. The summed E-state index contributed by atoms with van der Waals surface area (Å²) in [5.74, 6) is 0. The molecular weight excluding hydrogens is 240 g/mol. The zero-order chi connectivity index (χ0) is 13.8. The zero-order valence-electron chi connectivity index (χ0n) is 11.4. The van der Waals surface area contributed by atoms with Crippen molar-refractivity contribution in [3.63, 3.8) is 0 Å². The first-order chi connectivity index (χ1) is 9.16. The maximum Gasteiger partial charge on any atom is 0.0765 e. The molecule has 2 atom stereocenters. The lowest BCUT2D eigenvalue weighted by Crippen LogP contribution is -2.48. The molecule has 0 aromatic heterocycles. The summed E-state index contributed by atoms with van der Waals surface area (Å²) in [7, 11) is 0. The minimum absolute atomic E-state index is 0.00364. The van der Waals surface area contributed by atoms with E-state index in [0.717, 1.165) is 24.8 Å². The molecule has 1 aromatic carbocycles. The van der Waals surface area contributed by atoms with Gasteiger partial charge < -0.3 is 15.3 Å². The van der Waals surface area contributed by atoms with E-state index in [4.69, 9.17) is 5.11 Å². The Morgan fingerprint density at radius 1 is 1.05 bits per heavy atom. The Bertz CT molecular complexity index is 392. The highest BCUT2D eigenvalue weighted by molar-refractivity contribution is 5.20. The van der Waals surface area contributed by atoms with Crippen LogP contribution in [0.3, 0.4) is 0 Å². The second-order valence-corrected chi connectivity index (χ2v) is 5.81. The number of aliphatic hydroxyl groups is 3. The predicted molar refractivity (Wildman–Crippen MR) is 74.8 cm³/mol. The molecule has 1 aromatic rings. The fourth-order valence-corrected chi connectivity index (χ4v) is 3.51. The molecule has 3 heteroatoms. The van der Waals surface area contributed by atoms with Crippen LogP contribution >= 0.6 is 0 Å². The smallest absolute Gasteiger partial charge is 0.0765 e. The van der Waals surface area contributed by atoms with Gasteiger partial charge in [-0.05, 0) is 37.7 Å². The first-order valence-electron chi connectivity index (χ1n) is 7.14. The van der Waals surface area contributed by atoms with Crippen molar-refractivity contribution < 1.29 is 15.3 Å². The maximum atomic E-state index is 11.0. The maximum absolute atomic E-state index is 11.0. The lowest BCUT2D eigenvalue weighted by atomic mass is 9.69. The van der Waals surface area contributed by atoms with Gasteiger partial charge in [0.15, 0.2) is 0 Å². The SMILES string of the molecule is OCCC[C@]1(CO)CCC[C@]1(O)Cc1ccccc1. The van der Waals surface area contributed by atoms with Gasteiger partial charge in [0, 0.05) is 18.4 Å². The lowest BCUT2D eigenvalue weighted by molar-refractivity contribution is -0.0931. The molecule has 1 aliphatic carbocycles. The first kappa shape index (κ1) is 14.5. The third kappa shape index (κ3) is 2.83. The van der Waals surface area contributed by atoms with Crippen LogP contribution in [0.5, 0.6) is 0 Å². The number of hydrogen-bond donors (Lipinski definition) is 3. The van der Waals surface area contributed by atoms with E-state index in [2.05, 4.69) is 0 Å². The standard InChI is InChI=1S/C16H24O3/c17-11-5-9-15(13-18)8-4-10-16(15,19)12-14-6-2-1-3-7-14/h1-3,6-7,17-19H,4-5,8-13H2/t15-,16-/m0/s1. The normalized spacial score (nSPS) is 30.7. The third-order valence-corrected chi connectivity index (χ3v) is 4.69. The van der Waals surface area contributed by atoms with Gasteiger partial charge in [-0.3, -0.25) is 0 Å². The molecule has 0 bridgehead atoms. The van der Waals surface area contributed by atoms with Crippen molar-refractivity contribution in [3.8, 4) is 0 Å². The van der Waals surface area contributed by atoms with Gasteiger partial charge in [0.1, 0.15) is 0 Å². The number of benzene rings is 1. The van der Waals surface area contributed by atoms with E-state index in [1.165, 1.54) is 0 Å². The van der Waals surface area contributed by atoms with Crippen LogP contribution in [-0.4, -0.2) is 34.1 Å². The molecule has 2 rings (SSSR count). The van der Waals surface area contributed by atoms with Gasteiger partial charge in [0.05, 0.1) is 12.2 Å². The highest BCUT2D eigenvalue weighted by atomic mass is 16.3. The average molecular weight is 264 g/mol. The van der Waals surface area contributed by atoms with E-state index in [0.29, 0.717) is 19.3 Å². The second-order valence-electron chi connectivity index (χ2n) is 5.81. The number of rotatable bonds is 6. The van der Waals surface area contributed by atoms with Crippen molar-refractivity contribution in [1.29, 1.82) is 0 Å². The van der Waals surface area contributed by atoms with E-state index in [1.54, 1.807) is 0 Å². The van der Waals surface area contributed by atoms with E-state index in [1.807, 2.05) is 30.3 Å². The summed E-state index contributed by atoms with van der Waals surface area (Å²) in [6.45, 7) is 0.111. The molecule has 19 heavy (non-hydrogen) atoms. The Labute approximate surface area is 114 Å². The van der Waals surface area contributed by atoms with Crippen LogP contribution in [0.2, 0.25) is 0 Å². The van der Waals surface area contributed by atoms with Gasteiger partial charge in [-0.15, -0.1) is 0 Å². The van der Waals surface area contributed by atoms with Gasteiger partial charge in [-0.1, -0.05) is 30.3 Å². The molecule has 0 spiro atoms. The highest BCUT2D eigenvalue weighted by Crippen LogP contribution is 2.50. The Hall–Kier alpha value is -0.900. The molecule has 0 saturated heterocycles. The summed E-state index contributed by atoms with van der Waals surface area (Å²) in [5, 5.41) is 29.9. The van der Waals surface area contributed by atoms with E-state index in [-0.39, 0.29) is 13.2 Å². The molecule has 3 nitrogen and oxygen atoms in total. The minimum Gasteiger partial charge on any atom is -0.396 e. The van der Waals surface area contributed by atoms with E-state index in [9.17, 15) is 10.2 Å². The van der Waals surface area contributed by atoms with E-state index < -0.39 is 11.0 Å². The molecule has 1 fully saturated rings. The van der Waals surface area contributed by atoms with Crippen LogP contribution in [0.15, 0.2) is 30.3 Å². The van der Waals surface area contributed by atoms with Crippen LogP contribution < -0.4 is 0 Å². The van der Waals surface area contributed by atoms with Gasteiger partial charge in [0.25, 0.3) is 0 Å². The molecule has 1 saturated carbocycles. The second kappa shape index (κ2) is 6.04. The summed E-state index contributed by atoms with van der Waals surface area (Å²) in [6, 6.07) is 9.95. The Kier molecular flexibility index (Phi) is 4.61. The van der Waals surface area contributed by atoms with Gasteiger partial charge in [-0.25, -0.2) is 0 Å². The molecular formula is C16H24O3. The molecule has 1 aliphatic rings. The summed E-state index contributed by atoms with van der Waals surface area (Å²) >= 11 is 0. The average Bonchev–Trinajstić information content (AvgIpc) is 2.74. The Morgan fingerprint density at radius 2 is 1.79 bits per heavy atom. The van der Waals surface area contributed by atoms with Gasteiger partial charge in [-0.2, -0.15) is 0 Å². The van der Waals surface area contributed by atoms with Gasteiger partial charge >= 0.3 is 0 Å². The van der Waals surface area contributed by atoms with Crippen molar-refractivity contribution in [1.82, 2.24) is 0 Å². The number of aliphatic hydroxyl groups excluding tert-OH is 2. The highest BCUT2D eigenvalue weighted by Gasteiger charge is 2.52.